The topological polar surface area (TPSA) is 69.6 Å². The monoisotopic (exact) mass is 240 g/mol. The lowest BCUT2D eigenvalue weighted by Gasteiger charge is -2.34. The van der Waals surface area contributed by atoms with Gasteiger partial charge < -0.3 is 15.3 Å². The van der Waals surface area contributed by atoms with E-state index in [9.17, 15) is 9.59 Å². The largest absolute Gasteiger partial charge is 0.481 e. The molecule has 0 aromatic carbocycles. The molecule has 5 heteroatoms. The molecule has 17 heavy (non-hydrogen) atoms. The van der Waals surface area contributed by atoms with Crippen LogP contribution in [-0.4, -0.2) is 48.1 Å². The Morgan fingerprint density at radius 1 is 1.18 bits per heavy atom. The maximum atomic E-state index is 12.2. The smallest absolute Gasteiger partial charge is 0.308 e. The summed E-state index contributed by atoms with van der Waals surface area (Å²) >= 11 is 0. The van der Waals surface area contributed by atoms with Crippen LogP contribution in [0.3, 0.4) is 0 Å². The summed E-state index contributed by atoms with van der Waals surface area (Å²) in [5.41, 5.74) is 0. The van der Waals surface area contributed by atoms with Gasteiger partial charge in [-0.1, -0.05) is 0 Å². The van der Waals surface area contributed by atoms with Crippen molar-refractivity contribution in [3.8, 4) is 0 Å². The molecular formula is C12H20N2O3. The molecule has 5 nitrogen and oxygen atoms in total. The number of nitrogens with zero attached hydrogens (tertiary/aromatic N) is 1. The molecule has 2 N–H and O–H groups in total. The van der Waals surface area contributed by atoms with Crippen molar-refractivity contribution in [1.29, 1.82) is 0 Å². The van der Waals surface area contributed by atoms with Gasteiger partial charge in [-0.05, 0) is 32.2 Å². The summed E-state index contributed by atoms with van der Waals surface area (Å²) in [5.74, 6) is -0.951. The van der Waals surface area contributed by atoms with Crippen LogP contribution in [0.5, 0.6) is 0 Å². The van der Waals surface area contributed by atoms with Gasteiger partial charge in [0.2, 0.25) is 5.91 Å². The molecule has 2 aliphatic rings. The maximum Gasteiger partial charge on any atom is 0.308 e. The summed E-state index contributed by atoms with van der Waals surface area (Å²) < 4.78 is 0. The average molecular weight is 240 g/mol. The van der Waals surface area contributed by atoms with E-state index in [0.29, 0.717) is 13.0 Å². The van der Waals surface area contributed by atoms with Gasteiger partial charge in [-0.15, -0.1) is 0 Å². The third kappa shape index (κ3) is 2.97. The molecule has 0 aliphatic carbocycles. The molecule has 0 bridgehead atoms. The Labute approximate surface area is 101 Å². The molecule has 0 spiro atoms. The van der Waals surface area contributed by atoms with Crippen molar-refractivity contribution < 1.29 is 14.7 Å². The lowest BCUT2D eigenvalue weighted by Crippen LogP contribution is -2.48. The number of likely N-dealkylation sites (tertiary alicyclic amines) is 1. The highest BCUT2D eigenvalue weighted by molar-refractivity contribution is 5.80. The second-order valence-corrected chi connectivity index (χ2v) is 5.00. The van der Waals surface area contributed by atoms with Gasteiger partial charge in [0, 0.05) is 19.6 Å². The molecule has 2 saturated heterocycles. The first-order chi connectivity index (χ1) is 8.18. The molecular weight excluding hydrogens is 220 g/mol. The minimum absolute atomic E-state index is 0.0521. The van der Waals surface area contributed by atoms with Crippen molar-refractivity contribution >= 4 is 11.9 Å². The lowest BCUT2D eigenvalue weighted by molar-refractivity contribution is -0.147. The molecule has 96 valence electrons. The number of carbonyl (C=O) groups excluding carboxylic acids is 1. The van der Waals surface area contributed by atoms with Crippen LogP contribution >= 0.6 is 0 Å². The normalized spacial score (nSPS) is 30.0. The van der Waals surface area contributed by atoms with Crippen molar-refractivity contribution in [3.63, 3.8) is 0 Å². The Bertz CT molecular complexity index is 300. The number of carbonyl (C=O) groups is 2. The predicted molar refractivity (Wildman–Crippen MR) is 62.5 cm³/mol. The van der Waals surface area contributed by atoms with Crippen molar-refractivity contribution in [2.75, 3.05) is 26.2 Å². The van der Waals surface area contributed by atoms with Gasteiger partial charge in [0.25, 0.3) is 0 Å². The molecule has 1 amide bonds. The summed E-state index contributed by atoms with van der Waals surface area (Å²) in [4.78, 5) is 24.9. The Hall–Kier alpha value is -1.10. The van der Waals surface area contributed by atoms with Gasteiger partial charge in [0.1, 0.15) is 0 Å². The molecule has 2 unspecified atom stereocenters. The number of aliphatic carboxylic acids is 1. The molecule has 2 aliphatic heterocycles. The van der Waals surface area contributed by atoms with Crippen LogP contribution < -0.4 is 5.32 Å². The molecule has 2 heterocycles. The van der Waals surface area contributed by atoms with Crippen molar-refractivity contribution in [2.45, 2.75) is 25.7 Å². The van der Waals surface area contributed by atoms with Crippen LogP contribution in [0, 0.1) is 11.8 Å². The molecule has 2 atom stereocenters. The molecule has 0 aromatic rings. The molecule has 2 fully saturated rings. The summed E-state index contributed by atoms with van der Waals surface area (Å²) in [6.07, 6.45) is 3.47. The number of piperidine rings is 2. The van der Waals surface area contributed by atoms with Crippen LogP contribution in [0.2, 0.25) is 0 Å². The van der Waals surface area contributed by atoms with Crippen LogP contribution in [0.1, 0.15) is 25.7 Å². The van der Waals surface area contributed by atoms with E-state index in [-0.39, 0.29) is 17.7 Å². The fourth-order valence-electron chi connectivity index (χ4n) is 2.70. The number of carboxylic acids is 1. The number of hydrogen-bond donors (Lipinski definition) is 2. The fourth-order valence-corrected chi connectivity index (χ4v) is 2.70. The van der Waals surface area contributed by atoms with E-state index < -0.39 is 5.97 Å². The van der Waals surface area contributed by atoms with Crippen molar-refractivity contribution in [2.24, 2.45) is 11.8 Å². The number of amides is 1. The number of nitrogens with one attached hydrogen (secondary N) is 1. The van der Waals surface area contributed by atoms with E-state index >= 15 is 0 Å². The molecule has 2 rings (SSSR count). The number of hydrogen-bond acceptors (Lipinski definition) is 3. The third-order valence-electron chi connectivity index (χ3n) is 3.73. The van der Waals surface area contributed by atoms with E-state index in [1.54, 1.807) is 4.90 Å². The van der Waals surface area contributed by atoms with E-state index in [0.717, 1.165) is 38.9 Å². The standard InChI is InChI=1S/C12H20N2O3/c15-11(9-3-1-5-13-7-9)14-6-2-4-10(8-14)12(16)17/h9-10,13H,1-8H2,(H,16,17). The zero-order valence-corrected chi connectivity index (χ0v) is 10.0. The third-order valence-corrected chi connectivity index (χ3v) is 3.73. The minimum atomic E-state index is -0.774. The van der Waals surface area contributed by atoms with Gasteiger partial charge in [-0.2, -0.15) is 0 Å². The Balaban J connectivity index is 1.91. The van der Waals surface area contributed by atoms with Gasteiger partial charge in [-0.3, -0.25) is 9.59 Å². The minimum Gasteiger partial charge on any atom is -0.481 e. The quantitative estimate of drug-likeness (QED) is 0.729. The first kappa shape index (κ1) is 12.4. The second kappa shape index (κ2) is 5.49. The summed E-state index contributed by atoms with van der Waals surface area (Å²) in [7, 11) is 0. The van der Waals surface area contributed by atoms with E-state index in [2.05, 4.69) is 5.32 Å². The summed E-state index contributed by atoms with van der Waals surface area (Å²) in [6, 6.07) is 0. The van der Waals surface area contributed by atoms with Gasteiger partial charge in [0.15, 0.2) is 0 Å². The van der Waals surface area contributed by atoms with E-state index in [1.165, 1.54) is 0 Å². The van der Waals surface area contributed by atoms with Crippen molar-refractivity contribution in [3.05, 3.63) is 0 Å². The lowest BCUT2D eigenvalue weighted by atomic mass is 9.94. The first-order valence-corrected chi connectivity index (χ1v) is 6.41. The summed E-state index contributed by atoms with van der Waals surface area (Å²) in [6.45, 7) is 2.85. The van der Waals surface area contributed by atoms with Crippen LogP contribution in [0.15, 0.2) is 0 Å². The zero-order chi connectivity index (χ0) is 12.3. The van der Waals surface area contributed by atoms with Crippen LogP contribution in [0.25, 0.3) is 0 Å². The van der Waals surface area contributed by atoms with Gasteiger partial charge in [0.05, 0.1) is 11.8 Å². The highest BCUT2D eigenvalue weighted by atomic mass is 16.4. The predicted octanol–water partition coefficient (Wildman–Crippen LogP) is 0.309. The zero-order valence-electron chi connectivity index (χ0n) is 10.0. The summed E-state index contributed by atoms with van der Waals surface area (Å²) in [5, 5.41) is 12.2. The Morgan fingerprint density at radius 3 is 2.59 bits per heavy atom. The van der Waals surface area contributed by atoms with E-state index in [4.69, 9.17) is 5.11 Å². The molecule has 0 saturated carbocycles. The van der Waals surface area contributed by atoms with E-state index in [1.807, 2.05) is 0 Å². The van der Waals surface area contributed by atoms with Crippen molar-refractivity contribution in [1.82, 2.24) is 10.2 Å². The Morgan fingerprint density at radius 2 is 1.94 bits per heavy atom. The highest BCUT2D eigenvalue weighted by Gasteiger charge is 2.32. The molecule has 0 radical (unpaired) electrons. The first-order valence-electron chi connectivity index (χ1n) is 6.41. The van der Waals surface area contributed by atoms with Gasteiger partial charge >= 0.3 is 5.97 Å². The molecule has 0 aromatic heterocycles. The highest BCUT2D eigenvalue weighted by Crippen LogP contribution is 2.20. The second-order valence-electron chi connectivity index (χ2n) is 5.00. The number of carboxylic acid groups (broad SMARTS) is 1. The SMILES string of the molecule is O=C(O)C1CCCN(C(=O)C2CCCNC2)C1. The maximum absolute atomic E-state index is 12.2. The number of rotatable bonds is 2. The Kier molecular flexibility index (Phi) is 3.99. The fraction of sp³-hybridized carbons (Fsp3) is 0.833. The van der Waals surface area contributed by atoms with Crippen LogP contribution in [0.4, 0.5) is 0 Å². The van der Waals surface area contributed by atoms with Crippen LogP contribution in [-0.2, 0) is 9.59 Å². The average Bonchev–Trinajstić information content (AvgIpc) is 2.39. The van der Waals surface area contributed by atoms with Gasteiger partial charge in [-0.25, -0.2) is 0 Å².